The van der Waals surface area contributed by atoms with Gasteiger partial charge in [0.1, 0.15) is 36.1 Å². The number of likely N-dealkylation sites (tertiary alicyclic amines) is 1. The van der Waals surface area contributed by atoms with Crippen LogP contribution in [0.3, 0.4) is 0 Å². The number of aliphatic hydroxyl groups excluding tert-OH is 1. The molecule has 0 aliphatic carbocycles. The first-order chi connectivity index (χ1) is 13.8. The summed E-state index contributed by atoms with van der Waals surface area (Å²) < 4.78 is 6.00. The lowest BCUT2D eigenvalue weighted by Gasteiger charge is -2.34. The monoisotopic (exact) mass is 411 g/mol. The SMILES string of the molecule is [B]c1cccc(Cl)c1-c1cc(=O)c2c(O)cc(O)c(C3CCN(C)CC3O)c2o1. The van der Waals surface area contributed by atoms with E-state index in [1.807, 2.05) is 11.9 Å². The van der Waals surface area contributed by atoms with Gasteiger partial charge < -0.3 is 24.6 Å². The molecule has 8 heteroatoms. The van der Waals surface area contributed by atoms with Crippen molar-refractivity contribution in [2.24, 2.45) is 0 Å². The Morgan fingerprint density at radius 2 is 2.00 bits per heavy atom. The Morgan fingerprint density at radius 3 is 2.69 bits per heavy atom. The lowest BCUT2D eigenvalue weighted by atomic mass is 9.85. The Hall–Kier alpha value is -2.48. The number of aliphatic hydroxyl groups is 1. The van der Waals surface area contributed by atoms with Crippen molar-refractivity contribution in [2.45, 2.75) is 18.4 Å². The molecule has 2 unspecified atom stereocenters. The Bertz CT molecular complexity index is 1140. The number of β-amino-alcohol motifs (C(OH)–C–C–N with tert-alkyl or cyclic N) is 1. The summed E-state index contributed by atoms with van der Waals surface area (Å²) in [6.07, 6.45) is -0.223. The van der Waals surface area contributed by atoms with E-state index < -0.39 is 23.2 Å². The number of phenols is 2. The zero-order valence-corrected chi connectivity index (χ0v) is 16.5. The van der Waals surface area contributed by atoms with E-state index in [2.05, 4.69) is 0 Å². The summed E-state index contributed by atoms with van der Waals surface area (Å²) in [5.41, 5.74) is 0.499. The Balaban J connectivity index is 2.02. The van der Waals surface area contributed by atoms with E-state index in [-0.39, 0.29) is 22.5 Å². The zero-order valence-electron chi connectivity index (χ0n) is 15.7. The largest absolute Gasteiger partial charge is 0.507 e. The molecule has 2 heterocycles. The fourth-order valence-corrected chi connectivity index (χ4v) is 4.31. The summed E-state index contributed by atoms with van der Waals surface area (Å²) in [6.45, 7) is 1.11. The molecule has 148 valence electrons. The fraction of sp³-hybridized carbons (Fsp3) is 0.286. The molecular weight excluding hydrogens is 392 g/mol. The Morgan fingerprint density at radius 1 is 1.24 bits per heavy atom. The van der Waals surface area contributed by atoms with Crippen LogP contribution in [0.25, 0.3) is 22.3 Å². The van der Waals surface area contributed by atoms with Crippen LogP contribution in [0.2, 0.25) is 5.02 Å². The number of fused-ring (bicyclic) bond motifs is 1. The van der Waals surface area contributed by atoms with E-state index >= 15 is 0 Å². The second-order valence-electron chi connectivity index (χ2n) is 7.44. The number of nitrogens with zero attached hydrogens (tertiary/aromatic N) is 1. The fourth-order valence-electron chi connectivity index (χ4n) is 4.03. The second-order valence-corrected chi connectivity index (χ2v) is 7.84. The van der Waals surface area contributed by atoms with E-state index in [1.54, 1.807) is 18.2 Å². The van der Waals surface area contributed by atoms with E-state index in [4.69, 9.17) is 23.9 Å². The molecule has 6 nitrogen and oxygen atoms in total. The van der Waals surface area contributed by atoms with Crippen LogP contribution in [0.5, 0.6) is 11.5 Å². The number of aromatic hydroxyl groups is 2. The van der Waals surface area contributed by atoms with Crippen LogP contribution in [0.4, 0.5) is 0 Å². The van der Waals surface area contributed by atoms with Crippen molar-refractivity contribution >= 4 is 35.9 Å². The molecular formula is C21H19BClNO5. The molecule has 0 spiro atoms. The van der Waals surface area contributed by atoms with E-state index in [1.165, 1.54) is 6.07 Å². The highest BCUT2D eigenvalue weighted by Crippen LogP contribution is 2.42. The zero-order chi connectivity index (χ0) is 20.9. The van der Waals surface area contributed by atoms with Gasteiger partial charge in [-0.15, -0.1) is 0 Å². The molecule has 1 fully saturated rings. The molecule has 1 aliphatic heterocycles. The number of rotatable bonds is 2. The maximum atomic E-state index is 12.8. The molecule has 29 heavy (non-hydrogen) atoms. The molecule has 3 aromatic rings. The summed E-state index contributed by atoms with van der Waals surface area (Å²) >= 11 is 6.27. The molecule has 3 N–H and O–H groups in total. The van der Waals surface area contributed by atoms with Gasteiger partial charge in [0.2, 0.25) is 0 Å². The number of phenolic OH excluding ortho intramolecular Hbond substituents is 2. The van der Waals surface area contributed by atoms with Gasteiger partial charge in [0.05, 0.1) is 11.1 Å². The molecule has 1 aliphatic rings. The van der Waals surface area contributed by atoms with Gasteiger partial charge in [0.15, 0.2) is 5.43 Å². The van der Waals surface area contributed by atoms with Crippen LogP contribution in [0.15, 0.2) is 39.5 Å². The van der Waals surface area contributed by atoms with Crippen LogP contribution in [0.1, 0.15) is 17.9 Å². The first kappa shape index (κ1) is 19.8. The first-order valence-corrected chi connectivity index (χ1v) is 9.59. The molecule has 2 atom stereocenters. The van der Waals surface area contributed by atoms with Crippen molar-refractivity contribution in [3.63, 3.8) is 0 Å². The molecule has 0 bridgehead atoms. The minimum Gasteiger partial charge on any atom is -0.507 e. The highest BCUT2D eigenvalue weighted by atomic mass is 35.5. The van der Waals surface area contributed by atoms with Crippen molar-refractivity contribution in [3.8, 4) is 22.8 Å². The molecule has 0 amide bonds. The molecule has 2 aromatic carbocycles. The van der Waals surface area contributed by atoms with Gasteiger partial charge in [-0.05, 0) is 26.1 Å². The maximum absolute atomic E-state index is 12.8. The first-order valence-electron chi connectivity index (χ1n) is 9.21. The Kier molecular flexibility index (Phi) is 5.06. The predicted molar refractivity (Wildman–Crippen MR) is 113 cm³/mol. The average molecular weight is 412 g/mol. The van der Waals surface area contributed by atoms with Crippen molar-refractivity contribution in [1.82, 2.24) is 4.90 Å². The molecule has 2 radical (unpaired) electrons. The maximum Gasteiger partial charge on any atom is 0.197 e. The quantitative estimate of drug-likeness (QED) is 0.559. The standard InChI is InChI=1S/C21H19BClNO5/c1-24-6-5-10(16(28)9-24)18-13(25)7-14(26)20-15(27)8-17(29-21(18)20)19-11(22)3-2-4-12(19)23/h2-4,7-8,10,16,25-26,28H,5-6,9H2,1H3. The van der Waals surface area contributed by atoms with Crippen LogP contribution in [-0.2, 0) is 0 Å². The van der Waals surface area contributed by atoms with Crippen molar-refractivity contribution < 1.29 is 19.7 Å². The van der Waals surface area contributed by atoms with Gasteiger partial charge in [-0.2, -0.15) is 0 Å². The minimum atomic E-state index is -0.772. The second kappa shape index (κ2) is 7.41. The summed E-state index contributed by atoms with van der Waals surface area (Å²) in [7, 11) is 7.93. The van der Waals surface area contributed by atoms with Gasteiger partial charge in [0.25, 0.3) is 0 Å². The number of benzene rings is 2. The molecule has 0 saturated carbocycles. The molecule has 1 saturated heterocycles. The van der Waals surface area contributed by atoms with Crippen LogP contribution >= 0.6 is 11.6 Å². The van der Waals surface area contributed by atoms with E-state index in [0.717, 1.165) is 6.07 Å². The van der Waals surface area contributed by atoms with Crippen molar-refractivity contribution in [3.05, 3.63) is 51.1 Å². The van der Waals surface area contributed by atoms with Gasteiger partial charge in [0, 0.05) is 35.7 Å². The third-order valence-electron chi connectivity index (χ3n) is 5.45. The third-order valence-corrected chi connectivity index (χ3v) is 5.76. The average Bonchev–Trinajstić information content (AvgIpc) is 2.62. The highest BCUT2D eigenvalue weighted by molar-refractivity contribution is 6.41. The van der Waals surface area contributed by atoms with Crippen molar-refractivity contribution in [1.29, 1.82) is 0 Å². The van der Waals surface area contributed by atoms with Gasteiger partial charge in [-0.25, -0.2) is 0 Å². The van der Waals surface area contributed by atoms with Gasteiger partial charge in [-0.3, -0.25) is 4.79 Å². The Labute approximate surface area is 173 Å². The van der Waals surface area contributed by atoms with Crippen LogP contribution in [0, 0.1) is 0 Å². The van der Waals surface area contributed by atoms with E-state index in [9.17, 15) is 20.1 Å². The third kappa shape index (κ3) is 3.39. The van der Waals surface area contributed by atoms with Crippen molar-refractivity contribution in [2.75, 3.05) is 20.1 Å². The predicted octanol–water partition coefficient (Wildman–Crippen LogP) is 2.10. The normalized spacial score (nSPS) is 20.2. The number of likely N-dealkylation sites (N-methyl/N-ethyl adjacent to an activating group) is 1. The highest BCUT2D eigenvalue weighted by Gasteiger charge is 2.33. The summed E-state index contributed by atoms with van der Waals surface area (Å²) in [5.74, 6) is -0.970. The number of piperidine rings is 1. The van der Waals surface area contributed by atoms with Crippen LogP contribution in [-0.4, -0.2) is 54.3 Å². The summed E-state index contributed by atoms with van der Waals surface area (Å²) in [5, 5.41) is 31.7. The lowest BCUT2D eigenvalue weighted by molar-refractivity contribution is 0.0630. The summed E-state index contributed by atoms with van der Waals surface area (Å²) in [6, 6.07) is 7.26. The van der Waals surface area contributed by atoms with Gasteiger partial charge >= 0.3 is 0 Å². The summed E-state index contributed by atoms with van der Waals surface area (Å²) in [4.78, 5) is 14.8. The number of hydrogen-bond acceptors (Lipinski definition) is 6. The number of hydrogen-bond donors (Lipinski definition) is 3. The molecule has 1 aromatic heterocycles. The smallest absolute Gasteiger partial charge is 0.197 e. The topological polar surface area (TPSA) is 94.1 Å². The van der Waals surface area contributed by atoms with Gasteiger partial charge in [-0.1, -0.05) is 29.2 Å². The van der Waals surface area contributed by atoms with Crippen LogP contribution < -0.4 is 10.9 Å². The lowest BCUT2D eigenvalue weighted by Crippen LogP contribution is -2.40. The van der Waals surface area contributed by atoms with E-state index in [0.29, 0.717) is 41.1 Å². The minimum absolute atomic E-state index is 0.0259. The molecule has 4 rings (SSSR count). The number of halogens is 1.